The van der Waals surface area contributed by atoms with Gasteiger partial charge in [0.1, 0.15) is 11.3 Å². The lowest BCUT2D eigenvalue weighted by Gasteiger charge is -2.23. The Hall–Kier alpha value is -3.67. The first-order chi connectivity index (χ1) is 20.1. The predicted molar refractivity (Wildman–Crippen MR) is 159 cm³/mol. The van der Waals surface area contributed by atoms with Crippen LogP contribution in [0.4, 0.5) is 4.79 Å². The monoisotopic (exact) mass is 599 g/mol. The molecule has 0 aliphatic heterocycles. The lowest BCUT2D eigenvalue weighted by molar-refractivity contribution is 0.0400. The maximum atomic E-state index is 12.9. The van der Waals surface area contributed by atoms with E-state index in [-0.39, 0.29) is 23.6 Å². The van der Waals surface area contributed by atoms with Crippen molar-refractivity contribution < 1.29 is 28.6 Å². The molecule has 0 radical (unpaired) electrons. The number of aromatic amines is 1. The number of rotatable bonds is 12. The Morgan fingerprint density at radius 2 is 1.74 bits per heavy atom. The second-order valence-electron chi connectivity index (χ2n) is 11.0. The third kappa shape index (κ3) is 8.91. The second kappa shape index (κ2) is 14.5. The lowest BCUT2D eigenvalue weighted by Crippen LogP contribution is -2.34. The Bertz CT molecular complexity index is 1390. The van der Waals surface area contributed by atoms with E-state index in [1.807, 2.05) is 18.2 Å². The molecule has 3 amide bonds. The zero-order valence-corrected chi connectivity index (χ0v) is 24.9. The molecule has 3 aromatic rings. The number of carbonyl (C=O) groups is 3. The Morgan fingerprint density at radius 1 is 1.00 bits per heavy atom. The number of aromatic nitrogens is 2. The minimum absolute atomic E-state index is 0.156. The number of fused-ring (bicyclic) bond motifs is 3. The van der Waals surface area contributed by atoms with E-state index in [4.69, 9.17) is 25.8 Å². The number of pyridine rings is 1. The second-order valence-corrected chi connectivity index (χ2v) is 11.4. The number of H-pyrrole nitrogens is 1. The van der Waals surface area contributed by atoms with Gasteiger partial charge in [-0.3, -0.25) is 14.6 Å². The van der Waals surface area contributed by atoms with E-state index in [0.717, 1.165) is 35.9 Å². The molecule has 11 nitrogen and oxygen atoms in total. The molecule has 2 heterocycles. The van der Waals surface area contributed by atoms with Crippen LogP contribution in [0, 0.1) is 0 Å². The largest absolute Gasteiger partial charge is 0.444 e. The number of halogens is 1. The van der Waals surface area contributed by atoms with Crippen molar-refractivity contribution >= 4 is 40.4 Å². The summed E-state index contributed by atoms with van der Waals surface area (Å²) in [6.45, 7) is 7.38. The Labute approximate surface area is 250 Å². The van der Waals surface area contributed by atoms with Gasteiger partial charge in [-0.05, 0) is 75.9 Å². The number of nitrogens with zero attached hydrogens (tertiary/aromatic N) is 1. The summed E-state index contributed by atoms with van der Waals surface area (Å²) in [4.78, 5) is 44.6. The highest BCUT2D eigenvalue weighted by Gasteiger charge is 2.26. The average molecular weight is 600 g/mol. The summed E-state index contributed by atoms with van der Waals surface area (Å²) in [5.74, 6) is -0.607. The highest BCUT2D eigenvalue weighted by molar-refractivity contribution is 6.31. The number of benzene rings is 1. The first-order valence-electron chi connectivity index (χ1n) is 14.1. The third-order valence-corrected chi connectivity index (χ3v) is 6.79. The first-order valence-corrected chi connectivity index (χ1v) is 14.5. The van der Waals surface area contributed by atoms with Crippen LogP contribution >= 0.6 is 11.6 Å². The number of aryl methyl sites for hydroxylation is 1. The quantitative estimate of drug-likeness (QED) is 0.227. The van der Waals surface area contributed by atoms with Crippen molar-refractivity contribution in [1.29, 1.82) is 0 Å². The van der Waals surface area contributed by atoms with Gasteiger partial charge < -0.3 is 35.1 Å². The average Bonchev–Trinajstić information content (AvgIpc) is 3.32. The molecule has 2 aromatic heterocycles. The SMILES string of the molecule is CC(C)(C)OC(=O)NCCOCCOCCNC(=O)c1ccc(C(=O)NC2CCCc3c2[nH]c2ccc(Cl)cc32)nc1. The van der Waals surface area contributed by atoms with Gasteiger partial charge in [0.25, 0.3) is 11.8 Å². The molecule has 0 bridgehead atoms. The van der Waals surface area contributed by atoms with E-state index in [1.54, 1.807) is 32.9 Å². The van der Waals surface area contributed by atoms with Gasteiger partial charge in [-0.25, -0.2) is 4.79 Å². The summed E-state index contributed by atoms with van der Waals surface area (Å²) >= 11 is 6.20. The molecule has 1 aliphatic rings. The zero-order chi connectivity index (χ0) is 30.1. The van der Waals surface area contributed by atoms with E-state index in [1.165, 1.54) is 11.8 Å². The summed E-state index contributed by atoms with van der Waals surface area (Å²) in [6, 6.07) is 8.73. The molecule has 42 heavy (non-hydrogen) atoms. The van der Waals surface area contributed by atoms with Crippen molar-refractivity contribution in [2.75, 3.05) is 39.5 Å². The molecule has 0 saturated heterocycles. The number of nitrogens with one attached hydrogen (secondary N) is 4. The molecular formula is C30H38ClN5O6. The van der Waals surface area contributed by atoms with E-state index < -0.39 is 11.7 Å². The van der Waals surface area contributed by atoms with Gasteiger partial charge in [-0.15, -0.1) is 0 Å². The summed E-state index contributed by atoms with van der Waals surface area (Å²) in [5.41, 5.74) is 3.24. The number of hydrogen-bond donors (Lipinski definition) is 4. The normalized spacial score (nSPS) is 14.7. The lowest BCUT2D eigenvalue weighted by atomic mass is 9.91. The predicted octanol–water partition coefficient (Wildman–Crippen LogP) is 4.31. The van der Waals surface area contributed by atoms with Gasteiger partial charge in [0.2, 0.25) is 0 Å². The van der Waals surface area contributed by atoms with Gasteiger partial charge in [-0.2, -0.15) is 0 Å². The smallest absolute Gasteiger partial charge is 0.407 e. The van der Waals surface area contributed by atoms with E-state index in [9.17, 15) is 14.4 Å². The van der Waals surface area contributed by atoms with Gasteiger partial charge in [0.15, 0.2) is 0 Å². The first kappa shape index (κ1) is 31.3. The Kier molecular flexibility index (Phi) is 10.8. The van der Waals surface area contributed by atoms with Crippen molar-refractivity contribution in [3.63, 3.8) is 0 Å². The van der Waals surface area contributed by atoms with Crippen molar-refractivity contribution in [2.24, 2.45) is 0 Å². The molecular weight excluding hydrogens is 562 g/mol. The van der Waals surface area contributed by atoms with Crippen molar-refractivity contribution in [3.05, 3.63) is 64.1 Å². The number of ether oxygens (including phenoxy) is 3. The fourth-order valence-corrected chi connectivity index (χ4v) is 4.85. The van der Waals surface area contributed by atoms with Crippen LogP contribution in [-0.4, -0.2) is 73.0 Å². The van der Waals surface area contributed by atoms with Gasteiger partial charge in [0, 0.05) is 40.9 Å². The Morgan fingerprint density at radius 3 is 2.43 bits per heavy atom. The highest BCUT2D eigenvalue weighted by atomic mass is 35.5. The Balaban J connectivity index is 1.13. The molecule has 4 N–H and O–H groups in total. The van der Waals surface area contributed by atoms with Crippen LogP contribution in [0.2, 0.25) is 5.02 Å². The van der Waals surface area contributed by atoms with Crippen LogP contribution in [0.25, 0.3) is 10.9 Å². The third-order valence-electron chi connectivity index (χ3n) is 6.55. The van der Waals surface area contributed by atoms with Crippen LogP contribution < -0.4 is 16.0 Å². The van der Waals surface area contributed by atoms with Crippen LogP contribution in [0.1, 0.15) is 71.8 Å². The summed E-state index contributed by atoms with van der Waals surface area (Å²) in [5, 5.41) is 10.2. The van der Waals surface area contributed by atoms with Crippen LogP contribution in [0.3, 0.4) is 0 Å². The molecule has 0 fully saturated rings. The molecule has 1 atom stereocenters. The summed E-state index contributed by atoms with van der Waals surface area (Å²) < 4.78 is 16.0. The maximum absolute atomic E-state index is 12.9. The van der Waals surface area contributed by atoms with E-state index >= 15 is 0 Å². The van der Waals surface area contributed by atoms with Crippen LogP contribution in [0.5, 0.6) is 0 Å². The summed E-state index contributed by atoms with van der Waals surface area (Å²) in [7, 11) is 0. The molecule has 226 valence electrons. The molecule has 1 aromatic carbocycles. The molecule has 12 heteroatoms. The van der Waals surface area contributed by atoms with Gasteiger partial charge >= 0.3 is 6.09 Å². The van der Waals surface area contributed by atoms with Crippen LogP contribution in [-0.2, 0) is 20.6 Å². The van der Waals surface area contributed by atoms with E-state index in [0.29, 0.717) is 50.1 Å². The van der Waals surface area contributed by atoms with Gasteiger partial charge in [-0.1, -0.05) is 11.6 Å². The molecule has 0 spiro atoms. The van der Waals surface area contributed by atoms with Gasteiger partial charge in [0.05, 0.1) is 38.0 Å². The number of amides is 3. The number of hydrogen-bond acceptors (Lipinski definition) is 7. The van der Waals surface area contributed by atoms with Crippen molar-refractivity contribution in [1.82, 2.24) is 25.9 Å². The standard InChI is InChI=1S/C30H38ClN5O6/c1-30(2,3)42-29(39)33-12-14-41-16-15-40-13-11-32-27(37)19-7-9-25(34-18-19)28(38)36-24-6-4-5-21-22-17-20(31)8-10-23(22)35-26(21)24/h7-10,17-18,24,35H,4-6,11-16H2,1-3H3,(H,32,37)(H,33,39)(H,36,38). The fraction of sp³-hybridized carbons (Fsp3) is 0.467. The van der Waals surface area contributed by atoms with Crippen LogP contribution in [0.15, 0.2) is 36.5 Å². The molecule has 0 saturated carbocycles. The van der Waals surface area contributed by atoms with Crippen molar-refractivity contribution in [3.8, 4) is 0 Å². The molecule has 1 aliphatic carbocycles. The number of carbonyl (C=O) groups excluding carboxylic acids is 3. The summed E-state index contributed by atoms with van der Waals surface area (Å²) in [6.07, 6.45) is 3.61. The van der Waals surface area contributed by atoms with Crippen molar-refractivity contribution in [2.45, 2.75) is 51.7 Å². The number of alkyl carbamates (subject to hydrolysis) is 1. The topological polar surface area (TPSA) is 144 Å². The zero-order valence-electron chi connectivity index (χ0n) is 24.2. The molecule has 4 rings (SSSR count). The minimum Gasteiger partial charge on any atom is -0.444 e. The fourth-order valence-electron chi connectivity index (χ4n) is 4.67. The highest BCUT2D eigenvalue weighted by Crippen LogP contribution is 2.35. The maximum Gasteiger partial charge on any atom is 0.407 e. The minimum atomic E-state index is -0.541. The van der Waals surface area contributed by atoms with E-state index in [2.05, 4.69) is 25.9 Å². The molecule has 1 unspecified atom stereocenters.